The van der Waals surface area contributed by atoms with Crippen LogP contribution in [0.3, 0.4) is 0 Å². The average Bonchev–Trinajstić information content (AvgIpc) is 3.10. The van der Waals surface area contributed by atoms with E-state index < -0.39 is 11.9 Å². The van der Waals surface area contributed by atoms with Crippen LogP contribution in [0.25, 0.3) is 0 Å². The van der Waals surface area contributed by atoms with Crippen LogP contribution in [-0.4, -0.2) is 22.2 Å². The Hall–Kier alpha value is -4.70. The van der Waals surface area contributed by atoms with Crippen molar-refractivity contribution in [1.29, 1.82) is 10.5 Å². The second-order valence-electron chi connectivity index (χ2n) is 10.3. The van der Waals surface area contributed by atoms with E-state index >= 15 is 0 Å². The van der Waals surface area contributed by atoms with Crippen LogP contribution in [0.5, 0.6) is 23.0 Å². The highest BCUT2D eigenvalue weighted by atomic mass is 35.5. The Morgan fingerprint density at radius 1 is 0.660 bits per heavy atom. The van der Waals surface area contributed by atoms with Crippen molar-refractivity contribution >= 4 is 58.3 Å². The van der Waals surface area contributed by atoms with Crippen molar-refractivity contribution in [3.05, 3.63) is 128 Å². The van der Waals surface area contributed by atoms with Crippen molar-refractivity contribution in [1.82, 2.24) is 0 Å². The highest BCUT2D eigenvalue weighted by molar-refractivity contribution is 6.31. The number of carboxylic acids is 2. The van der Waals surface area contributed by atoms with Gasteiger partial charge in [0.25, 0.3) is 0 Å². The summed E-state index contributed by atoms with van der Waals surface area (Å²) in [6.07, 6.45) is 4.85. The Morgan fingerprint density at radius 3 is 1.34 bits per heavy atom. The Labute approximate surface area is 311 Å². The molecule has 50 heavy (non-hydrogen) atoms. The van der Waals surface area contributed by atoms with Gasteiger partial charge in [-0.1, -0.05) is 74.2 Å². The summed E-state index contributed by atoms with van der Waals surface area (Å²) >= 11 is 24.0. The molecule has 0 heterocycles. The molecule has 4 aromatic rings. The fourth-order valence-corrected chi connectivity index (χ4v) is 5.28. The molecule has 0 saturated heterocycles. The molecule has 8 nitrogen and oxygen atoms in total. The average molecular weight is 757 g/mol. The number of nitrogens with zero attached hydrogens (tertiary/aromatic N) is 2. The van der Waals surface area contributed by atoms with Gasteiger partial charge in [-0.05, 0) is 71.5 Å². The van der Waals surface area contributed by atoms with Crippen LogP contribution in [0.2, 0.25) is 10.0 Å². The van der Waals surface area contributed by atoms with E-state index in [0.29, 0.717) is 56.6 Å². The van der Waals surface area contributed by atoms with E-state index in [1.807, 2.05) is 36.4 Å². The largest absolute Gasteiger partial charge is 0.478 e. The number of hydrogen-bond acceptors (Lipinski definition) is 6. The number of carboxylic acid groups (broad SMARTS) is 2. The predicted octanol–water partition coefficient (Wildman–Crippen LogP) is 11.1. The summed E-state index contributed by atoms with van der Waals surface area (Å²) in [5.41, 5.74) is 5.18. The zero-order chi connectivity index (χ0) is 37.1. The molecule has 0 radical (unpaired) electrons. The molecular formula is C38H34Cl4N2O6. The molecule has 4 aromatic carbocycles. The lowest BCUT2D eigenvalue weighted by Gasteiger charge is -2.14. The monoisotopic (exact) mass is 754 g/mol. The zero-order valence-electron chi connectivity index (χ0n) is 27.3. The third-order valence-corrected chi connectivity index (χ3v) is 7.73. The Morgan fingerprint density at radius 2 is 1.04 bits per heavy atom. The highest BCUT2D eigenvalue weighted by Crippen LogP contribution is 2.34. The van der Waals surface area contributed by atoms with Gasteiger partial charge in [0.2, 0.25) is 0 Å². The number of halogens is 4. The summed E-state index contributed by atoms with van der Waals surface area (Å²) in [6, 6.07) is 25.8. The summed E-state index contributed by atoms with van der Waals surface area (Å²) in [5, 5.41) is 35.0. The highest BCUT2D eigenvalue weighted by Gasteiger charge is 2.13. The third-order valence-electron chi connectivity index (χ3n) is 6.68. The van der Waals surface area contributed by atoms with Crippen molar-refractivity contribution in [3.8, 4) is 35.1 Å². The van der Waals surface area contributed by atoms with E-state index in [4.69, 9.17) is 76.6 Å². The van der Waals surface area contributed by atoms with Gasteiger partial charge in [-0.15, -0.1) is 23.2 Å². The van der Waals surface area contributed by atoms with Gasteiger partial charge in [-0.3, -0.25) is 0 Å². The zero-order valence-corrected chi connectivity index (χ0v) is 30.3. The van der Waals surface area contributed by atoms with Crippen LogP contribution in [0.4, 0.5) is 0 Å². The predicted molar refractivity (Wildman–Crippen MR) is 197 cm³/mol. The number of benzene rings is 4. The van der Waals surface area contributed by atoms with Gasteiger partial charge >= 0.3 is 11.9 Å². The second kappa shape index (κ2) is 22.1. The smallest absolute Gasteiger partial charge is 0.328 e. The van der Waals surface area contributed by atoms with Gasteiger partial charge in [0.05, 0.1) is 11.1 Å². The van der Waals surface area contributed by atoms with Gasteiger partial charge in [-0.2, -0.15) is 10.5 Å². The minimum Gasteiger partial charge on any atom is -0.478 e. The third kappa shape index (κ3) is 13.3. The summed E-state index contributed by atoms with van der Waals surface area (Å²) in [6.45, 7) is 4.21. The molecule has 0 bridgehead atoms. The molecule has 0 aromatic heterocycles. The molecule has 4 rings (SSSR count). The molecule has 0 atom stereocenters. The number of aliphatic carboxylic acids is 2. The first-order chi connectivity index (χ1) is 24.0. The van der Waals surface area contributed by atoms with Crippen molar-refractivity contribution in [3.63, 3.8) is 0 Å². The van der Waals surface area contributed by atoms with Gasteiger partial charge in [0.15, 0.2) is 0 Å². The molecule has 0 spiro atoms. The number of carbonyl (C=O) groups is 2. The SMILES string of the molecule is CCCc1c(CCl)cccc1Oc1cc(Cl)ccc1C#N.CCCc1c(CCl)cccc1Oc1cc(Cl)ccc1C#N.O=C(O)/C=C/C(=O)O. The minimum atomic E-state index is -1.26. The minimum absolute atomic E-state index is 0.438. The van der Waals surface area contributed by atoms with Gasteiger partial charge < -0.3 is 19.7 Å². The molecule has 0 aliphatic heterocycles. The van der Waals surface area contributed by atoms with Crippen LogP contribution in [-0.2, 0) is 34.2 Å². The fourth-order valence-electron chi connectivity index (χ4n) is 4.46. The van der Waals surface area contributed by atoms with E-state index in [-0.39, 0.29) is 0 Å². The molecule has 0 fully saturated rings. The van der Waals surface area contributed by atoms with Crippen molar-refractivity contribution < 1.29 is 29.3 Å². The number of hydrogen-bond donors (Lipinski definition) is 2. The number of nitriles is 2. The maximum absolute atomic E-state index is 9.55. The summed E-state index contributed by atoms with van der Waals surface area (Å²) in [7, 11) is 0. The molecule has 0 unspecified atom stereocenters. The number of rotatable bonds is 12. The van der Waals surface area contributed by atoms with E-state index in [1.54, 1.807) is 36.4 Å². The first-order valence-corrected chi connectivity index (χ1v) is 17.1. The number of alkyl halides is 2. The first kappa shape index (κ1) is 41.5. The molecule has 0 aliphatic carbocycles. The second-order valence-corrected chi connectivity index (χ2v) is 11.7. The Kier molecular flexibility index (Phi) is 18.3. The molecule has 260 valence electrons. The van der Waals surface area contributed by atoms with Crippen molar-refractivity contribution in [2.24, 2.45) is 0 Å². The van der Waals surface area contributed by atoms with E-state index in [2.05, 4.69) is 26.0 Å². The lowest BCUT2D eigenvalue weighted by atomic mass is 10.0. The number of ether oxygens (including phenoxy) is 2. The van der Waals surface area contributed by atoms with E-state index in [1.165, 1.54) is 0 Å². The molecule has 12 heteroatoms. The standard InChI is InChI=1S/2C17H15Cl2NO.C4H4O4/c2*1-2-4-15-12(10-18)5-3-6-16(15)21-17-9-14(19)8-7-13(17)11-20;5-3(6)1-2-4(7)8/h2*3,5-9H,2,4,10H2,1H3;1-2H,(H,5,6)(H,7,8)/b;;2-1+. The molecule has 2 N–H and O–H groups in total. The maximum Gasteiger partial charge on any atom is 0.328 e. The summed E-state index contributed by atoms with van der Waals surface area (Å²) in [4.78, 5) is 19.1. The van der Waals surface area contributed by atoms with E-state index in [9.17, 15) is 9.59 Å². The Bertz CT molecular complexity index is 1750. The molecule has 0 saturated carbocycles. The molecule has 0 amide bonds. The van der Waals surface area contributed by atoms with Gasteiger partial charge in [0, 0.05) is 46.1 Å². The van der Waals surface area contributed by atoms with Gasteiger partial charge in [0.1, 0.15) is 35.1 Å². The van der Waals surface area contributed by atoms with E-state index in [0.717, 1.165) is 59.4 Å². The topological polar surface area (TPSA) is 141 Å². The van der Waals surface area contributed by atoms with Crippen LogP contribution in [0, 0.1) is 22.7 Å². The summed E-state index contributed by atoms with van der Waals surface area (Å²) < 4.78 is 11.9. The normalized spacial score (nSPS) is 10.1. The van der Waals surface area contributed by atoms with Crippen LogP contribution >= 0.6 is 46.4 Å². The lowest BCUT2D eigenvalue weighted by Crippen LogP contribution is -1.97. The first-order valence-electron chi connectivity index (χ1n) is 15.2. The van der Waals surface area contributed by atoms with Crippen LogP contribution < -0.4 is 9.47 Å². The van der Waals surface area contributed by atoms with Crippen LogP contribution in [0.1, 0.15) is 60.1 Å². The lowest BCUT2D eigenvalue weighted by molar-refractivity contribution is -0.134. The fraction of sp³-hybridized carbons (Fsp3) is 0.211. The molecular weight excluding hydrogens is 722 g/mol. The molecule has 0 aliphatic rings. The van der Waals surface area contributed by atoms with Crippen molar-refractivity contribution in [2.45, 2.75) is 51.3 Å². The van der Waals surface area contributed by atoms with Crippen molar-refractivity contribution in [2.75, 3.05) is 0 Å². The van der Waals surface area contributed by atoms with Crippen LogP contribution in [0.15, 0.2) is 84.9 Å². The maximum atomic E-state index is 9.55. The Balaban J connectivity index is 0.000000286. The van der Waals surface area contributed by atoms with Gasteiger partial charge in [-0.25, -0.2) is 9.59 Å². The summed E-state index contributed by atoms with van der Waals surface area (Å²) in [5.74, 6) is 0.755. The quantitative estimate of drug-likeness (QED) is 0.107.